The lowest BCUT2D eigenvalue weighted by Crippen LogP contribution is -2.60. The molecule has 1 heterocycles. The molecular formula is C27H44O4Si. The Balaban J connectivity index is 1.48. The number of hydrogen-bond acceptors (Lipinski definition) is 4. The average molecular weight is 461 g/mol. The number of allylic oxidation sites excluding steroid dienone is 1. The number of Topliss-reactive ketones (excluding diaryl/α,β-unsaturated/α-hetero) is 1. The molecule has 180 valence electrons. The molecule has 32 heavy (non-hydrogen) atoms. The molecule has 1 aliphatic heterocycles. The van der Waals surface area contributed by atoms with Crippen LogP contribution in [0, 0.1) is 28.6 Å². The van der Waals surface area contributed by atoms with Gasteiger partial charge in [-0.05, 0) is 80.0 Å². The van der Waals surface area contributed by atoms with Crippen LogP contribution in [0.2, 0.25) is 19.1 Å². The SMILES string of the molecule is CCCC[Si](C)(C)O[C@H]1CC[C@H]2[C@H]3[C@H](CC[C@]12C)[C@@]1(C)CCC(=O)CC1=CC31OCCO1. The maximum atomic E-state index is 12.4. The zero-order chi connectivity index (χ0) is 22.8. The minimum atomic E-state index is -1.66. The Bertz CT molecular complexity index is 785. The van der Waals surface area contributed by atoms with Gasteiger partial charge in [0.25, 0.3) is 0 Å². The van der Waals surface area contributed by atoms with E-state index in [1.165, 1.54) is 50.1 Å². The van der Waals surface area contributed by atoms with E-state index in [4.69, 9.17) is 13.9 Å². The standard InChI is InChI=1S/C27H44O4Si/c1-6-7-16-32(4,5)31-23-9-8-21-24-22(11-13-26(21,23)3)25(2)12-10-20(28)17-19(25)18-27(24)29-14-15-30-27/h18,21-24H,6-17H2,1-5H3/t21-,22-,23-,24-,25-,26-/m0/s1. The molecule has 6 atom stereocenters. The number of fused-ring (bicyclic) bond motifs is 6. The third kappa shape index (κ3) is 3.52. The van der Waals surface area contributed by atoms with Gasteiger partial charge in [0.1, 0.15) is 5.78 Å². The van der Waals surface area contributed by atoms with E-state index < -0.39 is 14.1 Å². The molecule has 0 radical (unpaired) electrons. The molecule has 3 saturated carbocycles. The number of ketones is 1. The van der Waals surface area contributed by atoms with Crippen molar-refractivity contribution in [3.8, 4) is 0 Å². The van der Waals surface area contributed by atoms with Gasteiger partial charge in [-0.1, -0.05) is 39.2 Å². The molecule has 5 aliphatic rings. The Labute approximate surface area is 196 Å². The summed E-state index contributed by atoms with van der Waals surface area (Å²) in [6.07, 6.45) is 12.3. The molecule has 0 aromatic carbocycles. The first kappa shape index (κ1) is 23.3. The summed E-state index contributed by atoms with van der Waals surface area (Å²) in [6.45, 7) is 13.4. The molecule has 5 rings (SSSR count). The van der Waals surface area contributed by atoms with Gasteiger partial charge >= 0.3 is 0 Å². The molecule has 1 saturated heterocycles. The highest BCUT2D eigenvalue weighted by molar-refractivity contribution is 6.71. The average Bonchev–Trinajstić information content (AvgIpc) is 3.33. The maximum Gasteiger partial charge on any atom is 0.191 e. The van der Waals surface area contributed by atoms with Gasteiger partial charge in [0.05, 0.1) is 19.3 Å². The number of rotatable bonds is 5. The molecule has 5 heteroatoms. The van der Waals surface area contributed by atoms with E-state index in [1.54, 1.807) is 0 Å². The third-order valence-corrected chi connectivity index (χ3v) is 12.7. The highest BCUT2D eigenvalue weighted by Gasteiger charge is 2.66. The lowest BCUT2D eigenvalue weighted by Gasteiger charge is -2.61. The van der Waals surface area contributed by atoms with Crippen LogP contribution < -0.4 is 0 Å². The lowest BCUT2D eigenvalue weighted by atomic mass is 9.46. The zero-order valence-electron chi connectivity index (χ0n) is 21.0. The molecule has 0 aromatic heterocycles. The summed E-state index contributed by atoms with van der Waals surface area (Å²) >= 11 is 0. The highest BCUT2D eigenvalue weighted by Crippen LogP contribution is 2.68. The maximum absolute atomic E-state index is 12.4. The van der Waals surface area contributed by atoms with Crippen molar-refractivity contribution in [2.45, 2.75) is 110 Å². The van der Waals surface area contributed by atoms with Crippen molar-refractivity contribution in [3.63, 3.8) is 0 Å². The first-order chi connectivity index (χ1) is 15.1. The summed E-state index contributed by atoms with van der Waals surface area (Å²) < 4.78 is 20.0. The van der Waals surface area contributed by atoms with E-state index in [-0.39, 0.29) is 10.8 Å². The van der Waals surface area contributed by atoms with Gasteiger partial charge in [-0.3, -0.25) is 4.79 Å². The topological polar surface area (TPSA) is 44.8 Å². The van der Waals surface area contributed by atoms with Gasteiger partial charge in [0.2, 0.25) is 0 Å². The van der Waals surface area contributed by atoms with Crippen molar-refractivity contribution < 1.29 is 18.7 Å². The number of hydrogen-bond donors (Lipinski definition) is 0. The fourth-order valence-corrected chi connectivity index (χ4v) is 10.8. The Kier molecular flexibility index (Phi) is 5.84. The molecule has 0 bridgehead atoms. The highest BCUT2D eigenvalue weighted by atomic mass is 28.4. The number of carbonyl (C=O) groups is 1. The Morgan fingerprint density at radius 2 is 1.84 bits per heavy atom. The Morgan fingerprint density at radius 1 is 1.09 bits per heavy atom. The first-order valence-corrected chi connectivity index (χ1v) is 16.4. The van der Waals surface area contributed by atoms with Crippen LogP contribution in [0.1, 0.15) is 78.6 Å². The van der Waals surface area contributed by atoms with E-state index in [0.29, 0.717) is 49.3 Å². The van der Waals surface area contributed by atoms with E-state index in [2.05, 4.69) is 39.9 Å². The van der Waals surface area contributed by atoms with Gasteiger partial charge in [0, 0.05) is 18.8 Å². The summed E-state index contributed by atoms with van der Waals surface area (Å²) in [5.41, 5.74) is 1.63. The molecule has 1 spiro atoms. The molecule has 0 unspecified atom stereocenters. The lowest BCUT2D eigenvalue weighted by molar-refractivity contribution is -0.231. The number of ether oxygens (including phenoxy) is 2. The smallest absolute Gasteiger partial charge is 0.191 e. The van der Waals surface area contributed by atoms with Crippen LogP contribution in [-0.4, -0.2) is 39.2 Å². The van der Waals surface area contributed by atoms with Crippen LogP contribution in [0.4, 0.5) is 0 Å². The van der Waals surface area contributed by atoms with Crippen molar-refractivity contribution in [2.75, 3.05) is 13.2 Å². The van der Waals surface area contributed by atoms with Crippen LogP contribution in [0.15, 0.2) is 11.6 Å². The van der Waals surface area contributed by atoms with Gasteiger partial charge in [0.15, 0.2) is 14.1 Å². The second kappa shape index (κ2) is 8.03. The van der Waals surface area contributed by atoms with Crippen molar-refractivity contribution in [3.05, 3.63) is 11.6 Å². The quantitative estimate of drug-likeness (QED) is 0.359. The summed E-state index contributed by atoms with van der Waals surface area (Å²) in [4.78, 5) is 12.4. The molecule has 4 fully saturated rings. The van der Waals surface area contributed by atoms with Crippen LogP contribution in [0.25, 0.3) is 0 Å². The predicted octanol–water partition coefficient (Wildman–Crippen LogP) is 6.26. The van der Waals surface area contributed by atoms with Gasteiger partial charge in [-0.15, -0.1) is 0 Å². The van der Waals surface area contributed by atoms with E-state index >= 15 is 0 Å². The molecular weight excluding hydrogens is 416 g/mol. The van der Waals surface area contributed by atoms with Crippen LogP contribution in [0.5, 0.6) is 0 Å². The summed E-state index contributed by atoms with van der Waals surface area (Å²) in [5.74, 6) is 1.24. The first-order valence-electron chi connectivity index (χ1n) is 13.3. The third-order valence-electron chi connectivity index (χ3n) is 10.2. The Hall–Kier alpha value is -0.493. The van der Waals surface area contributed by atoms with Gasteiger partial charge in [-0.2, -0.15) is 0 Å². The molecule has 4 nitrogen and oxygen atoms in total. The summed E-state index contributed by atoms with van der Waals surface area (Å²) in [6, 6.07) is 1.27. The van der Waals surface area contributed by atoms with E-state index in [0.717, 1.165) is 12.8 Å². The van der Waals surface area contributed by atoms with Crippen LogP contribution in [0.3, 0.4) is 0 Å². The molecule has 0 aromatic rings. The molecule has 4 aliphatic carbocycles. The molecule has 0 amide bonds. The van der Waals surface area contributed by atoms with Gasteiger partial charge in [-0.25, -0.2) is 0 Å². The summed E-state index contributed by atoms with van der Waals surface area (Å²) in [5, 5.41) is 0. The fourth-order valence-electron chi connectivity index (χ4n) is 8.37. The van der Waals surface area contributed by atoms with E-state index in [9.17, 15) is 4.79 Å². The van der Waals surface area contributed by atoms with Crippen molar-refractivity contribution in [1.29, 1.82) is 0 Å². The van der Waals surface area contributed by atoms with E-state index in [1.807, 2.05) is 0 Å². The minimum absolute atomic E-state index is 0.120. The van der Waals surface area contributed by atoms with Crippen molar-refractivity contribution in [1.82, 2.24) is 0 Å². The monoisotopic (exact) mass is 460 g/mol. The van der Waals surface area contributed by atoms with Crippen molar-refractivity contribution in [2.24, 2.45) is 28.6 Å². The van der Waals surface area contributed by atoms with Gasteiger partial charge < -0.3 is 13.9 Å². The number of unbranched alkanes of at least 4 members (excludes halogenated alkanes) is 1. The fraction of sp³-hybridized carbons (Fsp3) is 0.889. The minimum Gasteiger partial charge on any atom is -0.414 e. The second-order valence-corrected chi connectivity index (χ2v) is 16.8. The van der Waals surface area contributed by atoms with Crippen molar-refractivity contribution >= 4 is 14.1 Å². The normalized spacial score (nSPS) is 43.0. The largest absolute Gasteiger partial charge is 0.414 e. The number of carbonyl (C=O) groups excluding carboxylic acids is 1. The summed E-state index contributed by atoms with van der Waals surface area (Å²) in [7, 11) is -1.66. The molecule has 0 N–H and O–H groups in total. The predicted molar refractivity (Wildman–Crippen MR) is 129 cm³/mol. The van der Waals surface area contributed by atoms with Crippen LogP contribution >= 0.6 is 0 Å². The zero-order valence-corrected chi connectivity index (χ0v) is 22.0. The van der Waals surface area contributed by atoms with Crippen LogP contribution in [-0.2, 0) is 18.7 Å². The Morgan fingerprint density at radius 3 is 2.56 bits per heavy atom. The second-order valence-electron chi connectivity index (χ2n) is 12.6.